The minimum atomic E-state index is -3.99. The maximum Gasteiger partial charge on any atom is 0.244 e. The molecular weight excluding hydrogens is 436 g/mol. The van der Waals surface area contributed by atoms with Crippen molar-refractivity contribution in [3.05, 3.63) is 53.6 Å². The van der Waals surface area contributed by atoms with Gasteiger partial charge in [-0.15, -0.1) is 0 Å². The first-order chi connectivity index (χ1) is 13.6. The average Bonchev–Trinajstić information content (AvgIpc) is 2.69. The first-order valence-corrected chi connectivity index (χ1v) is 12.7. The van der Waals surface area contributed by atoms with Gasteiger partial charge in [0.25, 0.3) is 0 Å². The summed E-state index contributed by atoms with van der Waals surface area (Å²) in [5, 5.41) is 3.20. The number of sulfone groups is 1. The third kappa shape index (κ3) is 4.80. The van der Waals surface area contributed by atoms with Crippen molar-refractivity contribution in [1.29, 1.82) is 0 Å². The number of carbonyl (C=O) groups excluding carboxylic acids is 1. The number of carbonyl (C=O) groups is 1. The Morgan fingerprint density at radius 1 is 0.966 bits per heavy atom. The predicted octanol–water partition coefficient (Wildman–Crippen LogP) is 2.78. The molecule has 1 fully saturated rings. The molecule has 3 rings (SSSR count). The highest BCUT2D eigenvalue weighted by Crippen LogP contribution is 2.29. The summed E-state index contributed by atoms with van der Waals surface area (Å²) in [7, 11) is -7.69. The molecule has 1 saturated heterocycles. The van der Waals surface area contributed by atoms with Crippen molar-refractivity contribution in [3.63, 3.8) is 0 Å². The fraction of sp³-hybridized carbons (Fsp3) is 0.316. The van der Waals surface area contributed by atoms with Gasteiger partial charge in [0.15, 0.2) is 9.84 Å². The lowest BCUT2D eigenvalue weighted by Gasteiger charge is -2.31. The van der Waals surface area contributed by atoms with Crippen LogP contribution in [0.2, 0.25) is 5.02 Å². The number of amides is 1. The molecule has 0 bridgehead atoms. The van der Waals surface area contributed by atoms with Gasteiger partial charge in [-0.1, -0.05) is 35.9 Å². The van der Waals surface area contributed by atoms with Crippen LogP contribution < -0.4 is 5.32 Å². The van der Waals surface area contributed by atoms with E-state index in [0.29, 0.717) is 23.6 Å². The molecule has 156 valence electrons. The van der Waals surface area contributed by atoms with E-state index in [9.17, 15) is 21.6 Å². The van der Waals surface area contributed by atoms with Crippen LogP contribution in [-0.2, 0) is 24.7 Å². The molecule has 0 radical (unpaired) electrons. The monoisotopic (exact) mass is 456 g/mol. The molecule has 0 spiro atoms. The third-order valence-electron chi connectivity index (χ3n) is 4.82. The molecule has 0 unspecified atom stereocenters. The molecule has 2 aromatic rings. The molecule has 0 aliphatic carbocycles. The van der Waals surface area contributed by atoms with E-state index in [1.165, 1.54) is 28.6 Å². The average molecular weight is 457 g/mol. The molecule has 1 aliphatic rings. The molecule has 1 amide bonds. The summed E-state index contributed by atoms with van der Waals surface area (Å²) in [6.45, 7) is 0.252. The number of nitrogens with zero attached hydrogens (tertiary/aromatic N) is 1. The van der Waals surface area contributed by atoms with E-state index >= 15 is 0 Å². The Balaban J connectivity index is 1.72. The summed E-state index contributed by atoms with van der Waals surface area (Å²) in [6.07, 6.45) is 1.64. The van der Waals surface area contributed by atoms with Crippen LogP contribution >= 0.6 is 11.6 Å². The van der Waals surface area contributed by atoms with E-state index in [0.717, 1.165) is 6.26 Å². The number of benzene rings is 2. The van der Waals surface area contributed by atoms with Crippen LogP contribution in [0.4, 0.5) is 5.69 Å². The predicted molar refractivity (Wildman–Crippen MR) is 111 cm³/mol. The van der Waals surface area contributed by atoms with Crippen molar-refractivity contribution in [2.75, 3.05) is 24.7 Å². The first kappa shape index (κ1) is 21.8. The number of nitrogens with one attached hydrogen (secondary N) is 1. The van der Waals surface area contributed by atoms with E-state index in [-0.39, 0.29) is 34.7 Å². The number of anilines is 1. The van der Waals surface area contributed by atoms with Crippen LogP contribution in [-0.4, -0.2) is 46.4 Å². The Hall–Kier alpha value is -1.94. The second kappa shape index (κ2) is 8.43. The lowest BCUT2D eigenvalue weighted by Crippen LogP contribution is -2.41. The number of hydrogen-bond donors (Lipinski definition) is 1. The zero-order valence-corrected chi connectivity index (χ0v) is 18.1. The Kier molecular flexibility index (Phi) is 6.33. The Morgan fingerprint density at radius 2 is 1.52 bits per heavy atom. The summed E-state index contributed by atoms with van der Waals surface area (Å²) >= 11 is 6.06. The number of sulfonamides is 1. The molecule has 7 nitrogen and oxygen atoms in total. The number of piperidine rings is 1. The van der Waals surface area contributed by atoms with Gasteiger partial charge in [-0.05, 0) is 37.1 Å². The lowest BCUT2D eigenvalue weighted by atomic mass is 9.97. The van der Waals surface area contributed by atoms with Crippen molar-refractivity contribution in [2.45, 2.75) is 22.6 Å². The summed E-state index contributed by atoms with van der Waals surface area (Å²) in [5.74, 6) is -0.574. The van der Waals surface area contributed by atoms with Crippen molar-refractivity contribution in [2.24, 2.45) is 5.92 Å². The highest BCUT2D eigenvalue weighted by atomic mass is 35.5. The van der Waals surface area contributed by atoms with E-state index in [4.69, 9.17) is 11.6 Å². The topological polar surface area (TPSA) is 101 Å². The Morgan fingerprint density at radius 3 is 2.10 bits per heavy atom. The lowest BCUT2D eigenvalue weighted by molar-refractivity contribution is -0.120. The number of para-hydroxylation sites is 1. The molecule has 2 aromatic carbocycles. The summed E-state index contributed by atoms with van der Waals surface area (Å²) in [4.78, 5) is 12.1. The number of halogens is 1. The minimum Gasteiger partial charge on any atom is -0.325 e. The quantitative estimate of drug-likeness (QED) is 0.745. The van der Waals surface area contributed by atoms with E-state index in [1.54, 1.807) is 24.3 Å². The SMILES string of the molecule is CS(=O)(=O)c1ccccc1S(=O)(=O)N1CCC(C(=O)Nc2ccccc2Cl)CC1. The fourth-order valence-electron chi connectivity index (χ4n) is 3.26. The van der Waals surface area contributed by atoms with Crippen LogP contribution in [0.15, 0.2) is 58.3 Å². The summed E-state index contributed by atoms with van der Waals surface area (Å²) in [6, 6.07) is 12.4. The second-order valence-electron chi connectivity index (χ2n) is 6.87. The molecule has 1 aliphatic heterocycles. The van der Waals surface area contributed by atoms with Gasteiger partial charge in [-0.3, -0.25) is 4.79 Å². The van der Waals surface area contributed by atoms with Crippen molar-refractivity contribution < 1.29 is 21.6 Å². The standard InChI is InChI=1S/C19H21ClN2O5S2/c1-28(24,25)17-8-4-5-9-18(17)29(26,27)22-12-10-14(11-13-22)19(23)21-16-7-3-2-6-15(16)20/h2-9,14H,10-13H2,1H3,(H,21,23). The van der Waals surface area contributed by atoms with Gasteiger partial charge in [-0.2, -0.15) is 4.31 Å². The van der Waals surface area contributed by atoms with Crippen LogP contribution in [0.5, 0.6) is 0 Å². The fourth-order valence-corrected chi connectivity index (χ4v) is 6.52. The molecule has 0 saturated carbocycles. The van der Waals surface area contributed by atoms with E-state index < -0.39 is 19.9 Å². The number of hydrogen-bond acceptors (Lipinski definition) is 5. The Labute approximate surface area is 175 Å². The maximum absolute atomic E-state index is 13.0. The molecule has 10 heteroatoms. The van der Waals surface area contributed by atoms with Crippen LogP contribution in [0, 0.1) is 5.92 Å². The van der Waals surface area contributed by atoms with Gasteiger partial charge in [0.05, 0.1) is 15.6 Å². The molecule has 1 heterocycles. The van der Waals surface area contributed by atoms with Gasteiger partial charge in [0.2, 0.25) is 15.9 Å². The third-order valence-corrected chi connectivity index (χ3v) is 8.39. The zero-order chi connectivity index (χ0) is 21.2. The van der Waals surface area contributed by atoms with Crippen molar-refractivity contribution in [3.8, 4) is 0 Å². The minimum absolute atomic E-state index is 0.126. The smallest absolute Gasteiger partial charge is 0.244 e. The van der Waals surface area contributed by atoms with Gasteiger partial charge in [-0.25, -0.2) is 16.8 Å². The zero-order valence-electron chi connectivity index (χ0n) is 15.7. The van der Waals surface area contributed by atoms with E-state index in [1.807, 2.05) is 0 Å². The highest BCUT2D eigenvalue weighted by Gasteiger charge is 2.34. The normalized spacial score (nSPS) is 16.5. The summed E-state index contributed by atoms with van der Waals surface area (Å²) in [5.41, 5.74) is 0.510. The molecule has 0 atom stereocenters. The largest absolute Gasteiger partial charge is 0.325 e. The summed E-state index contributed by atoms with van der Waals surface area (Å²) < 4.78 is 51.2. The van der Waals surface area contributed by atoms with Gasteiger partial charge in [0, 0.05) is 25.3 Å². The first-order valence-electron chi connectivity index (χ1n) is 8.95. The van der Waals surface area contributed by atoms with E-state index in [2.05, 4.69) is 5.32 Å². The molecule has 1 N–H and O–H groups in total. The van der Waals surface area contributed by atoms with Crippen LogP contribution in [0.25, 0.3) is 0 Å². The maximum atomic E-state index is 13.0. The number of rotatable bonds is 5. The second-order valence-corrected chi connectivity index (χ2v) is 11.2. The van der Waals surface area contributed by atoms with Crippen LogP contribution in [0.3, 0.4) is 0 Å². The van der Waals surface area contributed by atoms with Gasteiger partial charge >= 0.3 is 0 Å². The van der Waals surface area contributed by atoms with Crippen molar-refractivity contribution >= 4 is 43.1 Å². The van der Waals surface area contributed by atoms with Gasteiger partial charge in [0.1, 0.15) is 4.90 Å². The van der Waals surface area contributed by atoms with Crippen LogP contribution in [0.1, 0.15) is 12.8 Å². The van der Waals surface area contributed by atoms with Gasteiger partial charge < -0.3 is 5.32 Å². The van der Waals surface area contributed by atoms with Crippen molar-refractivity contribution in [1.82, 2.24) is 4.31 Å². The molecule has 0 aromatic heterocycles. The molecular formula is C19H21ClN2O5S2. The highest BCUT2D eigenvalue weighted by molar-refractivity contribution is 7.93. The Bertz CT molecular complexity index is 1120. The molecule has 29 heavy (non-hydrogen) atoms.